The SMILES string of the molecule is C[C@@H]1CN(C(=O)[C@H](CC(=O)OCc2ccccc2)NC(=O)OCC2c3ccccc3-c3ccccc32)C[C@H]1CC(=O)O. The largest absolute Gasteiger partial charge is 0.481 e. The van der Waals surface area contributed by atoms with Crippen LogP contribution in [0.25, 0.3) is 11.1 Å². The number of hydrogen-bond donors (Lipinski definition) is 2. The molecular weight excluding hydrogens is 536 g/mol. The number of benzene rings is 3. The molecule has 1 fully saturated rings. The molecule has 0 aromatic heterocycles. The first-order chi connectivity index (χ1) is 20.3. The fraction of sp³-hybridized carbons (Fsp3) is 0.333. The summed E-state index contributed by atoms with van der Waals surface area (Å²) in [5, 5.41) is 11.8. The van der Waals surface area contributed by atoms with Gasteiger partial charge in [-0.3, -0.25) is 14.4 Å². The van der Waals surface area contributed by atoms with Crippen LogP contribution in [0.5, 0.6) is 0 Å². The summed E-state index contributed by atoms with van der Waals surface area (Å²) in [6.45, 7) is 2.55. The molecule has 3 atom stereocenters. The second-order valence-corrected chi connectivity index (χ2v) is 11.0. The number of esters is 1. The Bertz CT molecular complexity index is 1410. The van der Waals surface area contributed by atoms with Crippen molar-refractivity contribution in [3.63, 3.8) is 0 Å². The lowest BCUT2D eigenvalue weighted by atomic mass is 9.95. The minimum absolute atomic E-state index is 0.0347. The van der Waals surface area contributed by atoms with Crippen molar-refractivity contribution in [2.24, 2.45) is 11.8 Å². The number of hydrogen-bond acceptors (Lipinski definition) is 6. The van der Waals surface area contributed by atoms with Crippen molar-refractivity contribution in [1.82, 2.24) is 10.2 Å². The molecule has 0 unspecified atom stereocenters. The second-order valence-electron chi connectivity index (χ2n) is 11.0. The highest BCUT2D eigenvalue weighted by Gasteiger charge is 2.38. The number of aliphatic carboxylic acids is 1. The zero-order valence-corrected chi connectivity index (χ0v) is 23.4. The Morgan fingerprint density at radius 1 is 0.881 bits per heavy atom. The van der Waals surface area contributed by atoms with Gasteiger partial charge in [-0.2, -0.15) is 0 Å². The number of carbonyl (C=O) groups is 4. The van der Waals surface area contributed by atoms with Crippen LogP contribution in [0, 0.1) is 11.8 Å². The molecule has 1 saturated heterocycles. The van der Waals surface area contributed by atoms with Crippen molar-refractivity contribution >= 4 is 23.9 Å². The van der Waals surface area contributed by atoms with Crippen LogP contribution in [0.4, 0.5) is 4.79 Å². The zero-order valence-electron chi connectivity index (χ0n) is 23.4. The number of nitrogens with one attached hydrogen (secondary N) is 1. The Kier molecular flexibility index (Phi) is 8.85. The van der Waals surface area contributed by atoms with Crippen molar-refractivity contribution in [3.8, 4) is 11.1 Å². The smallest absolute Gasteiger partial charge is 0.407 e. The monoisotopic (exact) mass is 570 g/mol. The van der Waals surface area contributed by atoms with E-state index in [1.165, 1.54) is 4.90 Å². The molecule has 9 heteroatoms. The minimum Gasteiger partial charge on any atom is -0.481 e. The molecule has 0 bridgehead atoms. The number of rotatable bonds is 10. The van der Waals surface area contributed by atoms with Crippen molar-refractivity contribution in [2.45, 2.75) is 38.3 Å². The van der Waals surface area contributed by atoms with Gasteiger partial charge in [0.1, 0.15) is 19.3 Å². The maximum absolute atomic E-state index is 13.6. The third-order valence-electron chi connectivity index (χ3n) is 8.06. The number of fused-ring (bicyclic) bond motifs is 3. The molecule has 1 aliphatic heterocycles. The molecule has 1 aliphatic carbocycles. The maximum Gasteiger partial charge on any atom is 0.407 e. The van der Waals surface area contributed by atoms with E-state index in [2.05, 4.69) is 5.32 Å². The van der Waals surface area contributed by atoms with E-state index in [1.807, 2.05) is 85.8 Å². The molecule has 1 heterocycles. The summed E-state index contributed by atoms with van der Waals surface area (Å²) in [6, 6.07) is 23.9. The number of amides is 2. The van der Waals surface area contributed by atoms with Crippen LogP contribution in [-0.2, 0) is 30.5 Å². The Morgan fingerprint density at radius 2 is 1.50 bits per heavy atom. The van der Waals surface area contributed by atoms with Crippen LogP contribution < -0.4 is 5.32 Å². The van der Waals surface area contributed by atoms with E-state index in [4.69, 9.17) is 9.47 Å². The average molecular weight is 571 g/mol. The van der Waals surface area contributed by atoms with Crippen LogP contribution in [-0.4, -0.2) is 59.7 Å². The van der Waals surface area contributed by atoms with Crippen molar-refractivity contribution in [2.75, 3.05) is 19.7 Å². The molecule has 3 aromatic carbocycles. The molecule has 218 valence electrons. The van der Waals surface area contributed by atoms with Crippen molar-refractivity contribution in [3.05, 3.63) is 95.6 Å². The number of alkyl carbamates (subject to hydrolysis) is 1. The van der Waals surface area contributed by atoms with E-state index in [1.54, 1.807) is 0 Å². The first-order valence-electron chi connectivity index (χ1n) is 14.1. The van der Waals surface area contributed by atoms with Crippen LogP contribution in [0.1, 0.15) is 42.4 Å². The van der Waals surface area contributed by atoms with Crippen molar-refractivity contribution in [1.29, 1.82) is 0 Å². The fourth-order valence-electron chi connectivity index (χ4n) is 5.87. The normalized spacial score (nSPS) is 18.1. The molecule has 0 radical (unpaired) electrons. The molecule has 9 nitrogen and oxygen atoms in total. The quantitative estimate of drug-likeness (QED) is 0.342. The lowest BCUT2D eigenvalue weighted by Gasteiger charge is -2.24. The first-order valence-corrected chi connectivity index (χ1v) is 14.1. The summed E-state index contributed by atoms with van der Waals surface area (Å²) in [6.07, 6.45) is -1.26. The van der Waals surface area contributed by atoms with Crippen molar-refractivity contribution < 1.29 is 33.8 Å². The summed E-state index contributed by atoms with van der Waals surface area (Å²) in [4.78, 5) is 52.2. The third kappa shape index (κ3) is 6.62. The summed E-state index contributed by atoms with van der Waals surface area (Å²) in [5.74, 6) is -2.47. The van der Waals surface area contributed by atoms with Gasteiger partial charge in [0, 0.05) is 19.0 Å². The molecule has 2 aliphatic rings. The van der Waals surface area contributed by atoms with Crippen LogP contribution in [0.2, 0.25) is 0 Å². The van der Waals surface area contributed by atoms with Gasteiger partial charge in [-0.1, -0.05) is 85.8 Å². The Morgan fingerprint density at radius 3 is 2.14 bits per heavy atom. The molecule has 0 saturated carbocycles. The minimum atomic E-state index is -1.22. The zero-order chi connectivity index (χ0) is 29.6. The number of nitrogens with zero attached hydrogens (tertiary/aromatic N) is 1. The lowest BCUT2D eigenvalue weighted by molar-refractivity contribution is -0.148. The summed E-state index contributed by atoms with van der Waals surface area (Å²) < 4.78 is 11.0. The van der Waals surface area contributed by atoms with Crippen LogP contribution in [0.15, 0.2) is 78.9 Å². The highest BCUT2D eigenvalue weighted by Crippen LogP contribution is 2.44. The highest BCUT2D eigenvalue weighted by atomic mass is 16.5. The number of likely N-dealkylation sites (tertiary alicyclic amines) is 1. The van der Waals surface area contributed by atoms with Crippen LogP contribution in [0.3, 0.4) is 0 Å². The van der Waals surface area contributed by atoms with Gasteiger partial charge in [0.25, 0.3) is 0 Å². The molecule has 2 amide bonds. The summed E-state index contributed by atoms with van der Waals surface area (Å²) in [7, 11) is 0. The molecular formula is C33H34N2O7. The van der Waals surface area contributed by atoms with E-state index in [-0.39, 0.29) is 50.4 Å². The number of carboxylic acids is 1. The predicted octanol–water partition coefficient (Wildman–Crippen LogP) is 4.60. The van der Waals surface area contributed by atoms with Gasteiger partial charge < -0.3 is 24.8 Å². The third-order valence-corrected chi connectivity index (χ3v) is 8.06. The van der Waals surface area contributed by atoms with Gasteiger partial charge in [-0.25, -0.2) is 4.79 Å². The van der Waals surface area contributed by atoms with Crippen LogP contribution >= 0.6 is 0 Å². The molecule has 2 N–H and O–H groups in total. The predicted molar refractivity (Wildman–Crippen MR) is 154 cm³/mol. The standard InChI is InChI=1S/C33H34N2O7/c1-21-17-35(18-23(21)15-30(36)37)32(39)29(16-31(38)41-19-22-9-3-2-4-10-22)34-33(40)42-20-28-26-13-7-5-11-24(26)25-12-6-8-14-27(25)28/h2-14,21,23,28-29H,15-20H2,1H3,(H,34,40)(H,36,37)/t21-,23-,29+/m1/s1. The van der Waals surface area contributed by atoms with E-state index in [0.29, 0.717) is 6.54 Å². The second kappa shape index (κ2) is 12.9. The van der Waals surface area contributed by atoms with Gasteiger partial charge in [0.05, 0.1) is 12.8 Å². The average Bonchev–Trinajstić information content (AvgIpc) is 3.51. The summed E-state index contributed by atoms with van der Waals surface area (Å²) >= 11 is 0. The van der Waals surface area contributed by atoms with Gasteiger partial charge in [0.2, 0.25) is 5.91 Å². The van der Waals surface area contributed by atoms with Gasteiger partial charge in [-0.15, -0.1) is 0 Å². The number of ether oxygens (including phenoxy) is 2. The van der Waals surface area contributed by atoms with E-state index < -0.39 is 30.0 Å². The van der Waals surface area contributed by atoms with E-state index in [9.17, 15) is 24.3 Å². The van der Waals surface area contributed by atoms with Gasteiger partial charge in [-0.05, 0) is 39.7 Å². The Hall–Kier alpha value is -4.66. The Labute approximate surface area is 244 Å². The van der Waals surface area contributed by atoms with Gasteiger partial charge in [0.15, 0.2) is 0 Å². The fourth-order valence-corrected chi connectivity index (χ4v) is 5.87. The van der Waals surface area contributed by atoms with Gasteiger partial charge >= 0.3 is 18.0 Å². The number of carbonyl (C=O) groups excluding carboxylic acids is 3. The first kappa shape index (κ1) is 28.9. The molecule has 3 aromatic rings. The number of carboxylic acid groups (broad SMARTS) is 1. The molecule has 42 heavy (non-hydrogen) atoms. The topological polar surface area (TPSA) is 122 Å². The molecule has 0 spiro atoms. The molecule has 5 rings (SSSR count). The maximum atomic E-state index is 13.6. The highest BCUT2D eigenvalue weighted by molar-refractivity contribution is 5.90. The van der Waals surface area contributed by atoms with E-state index in [0.717, 1.165) is 27.8 Å². The van der Waals surface area contributed by atoms with E-state index >= 15 is 0 Å². The summed E-state index contributed by atoms with van der Waals surface area (Å²) in [5.41, 5.74) is 5.09. The Balaban J connectivity index is 1.26. The lowest BCUT2D eigenvalue weighted by Crippen LogP contribution is -2.49.